The maximum Gasteiger partial charge on any atom is 0.0241 e. The summed E-state index contributed by atoms with van der Waals surface area (Å²) in [4.78, 5) is 0. The predicted molar refractivity (Wildman–Crippen MR) is 42.5 cm³/mol. The Bertz CT molecular complexity index is 68.5. The van der Waals surface area contributed by atoms with Crippen LogP contribution in [0.3, 0.4) is 0 Å². The van der Waals surface area contributed by atoms with E-state index < -0.39 is 0 Å². The predicted octanol–water partition coefficient (Wildman–Crippen LogP) is 3.13. The first kappa shape index (κ1) is 8.22. The second kappa shape index (κ2) is 5.36. The van der Waals surface area contributed by atoms with Crippen LogP contribution in [-0.4, -0.2) is 5.33 Å². The first-order valence-electron chi connectivity index (χ1n) is 3.09. The number of hydrogen-bond acceptors (Lipinski definition) is 0. The van der Waals surface area contributed by atoms with Gasteiger partial charge in [-0.15, -0.1) is 0 Å². The van der Waals surface area contributed by atoms with Crippen molar-refractivity contribution in [3.8, 4) is 0 Å². The van der Waals surface area contributed by atoms with E-state index in [9.17, 15) is 0 Å². The van der Waals surface area contributed by atoms with Crippen molar-refractivity contribution >= 4 is 15.9 Å². The van der Waals surface area contributed by atoms with Crippen LogP contribution in [0.4, 0.5) is 0 Å². The number of allylic oxidation sites excluding steroid dienone is 2. The first-order valence-corrected chi connectivity index (χ1v) is 4.21. The zero-order chi connectivity index (χ0) is 6.41. The molecule has 0 aliphatic heterocycles. The Hall–Kier alpha value is 0.220. The molecule has 48 valence electrons. The van der Waals surface area contributed by atoms with E-state index in [0.717, 1.165) is 11.8 Å². The number of alkyl halides is 1. The van der Waals surface area contributed by atoms with Gasteiger partial charge in [-0.1, -0.05) is 41.4 Å². The third kappa shape index (κ3) is 3.25. The van der Waals surface area contributed by atoms with E-state index >= 15 is 0 Å². The Labute approximate surface area is 60.1 Å². The van der Waals surface area contributed by atoms with Crippen LogP contribution in [0.1, 0.15) is 26.7 Å². The highest BCUT2D eigenvalue weighted by molar-refractivity contribution is 9.09. The molecule has 0 saturated heterocycles. The lowest BCUT2D eigenvalue weighted by atomic mass is 10.2. The van der Waals surface area contributed by atoms with E-state index in [1.807, 2.05) is 0 Å². The average Bonchev–Trinajstić information content (AvgIpc) is 1.83. The zero-order valence-electron chi connectivity index (χ0n) is 5.58. The minimum atomic E-state index is 1.04. The maximum atomic E-state index is 3.41. The zero-order valence-corrected chi connectivity index (χ0v) is 7.16. The molecule has 0 heterocycles. The minimum absolute atomic E-state index is 1.04. The Morgan fingerprint density at radius 1 is 1.50 bits per heavy atom. The molecular formula is C7H13Br. The molecule has 0 aromatic carbocycles. The summed E-state index contributed by atoms with van der Waals surface area (Å²) in [6.07, 6.45) is 4.61. The van der Waals surface area contributed by atoms with E-state index in [4.69, 9.17) is 0 Å². The Morgan fingerprint density at radius 2 is 2.12 bits per heavy atom. The Balaban J connectivity index is 3.49. The summed E-state index contributed by atoms with van der Waals surface area (Å²) in [6, 6.07) is 0. The van der Waals surface area contributed by atoms with Gasteiger partial charge in [0, 0.05) is 5.33 Å². The van der Waals surface area contributed by atoms with E-state index in [-0.39, 0.29) is 0 Å². The van der Waals surface area contributed by atoms with Crippen LogP contribution >= 0.6 is 15.9 Å². The summed E-state index contributed by atoms with van der Waals surface area (Å²) in [7, 11) is 0. The highest BCUT2D eigenvalue weighted by atomic mass is 79.9. The van der Waals surface area contributed by atoms with Gasteiger partial charge in [0.05, 0.1) is 0 Å². The lowest BCUT2D eigenvalue weighted by Gasteiger charge is -1.94. The highest BCUT2D eigenvalue weighted by Crippen LogP contribution is 2.04. The fraction of sp³-hybridized carbons (Fsp3) is 0.714. The average molecular weight is 177 g/mol. The van der Waals surface area contributed by atoms with Crippen molar-refractivity contribution in [2.45, 2.75) is 26.7 Å². The molecule has 0 N–H and O–H groups in total. The lowest BCUT2D eigenvalue weighted by Crippen LogP contribution is -1.79. The molecule has 1 heteroatoms. The van der Waals surface area contributed by atoms with Crippen LogP contribution in [0.15, 0.2) is 11.6 Å². The molecule has 0 fully saturated rings. The van der Waals surface area contributed by atoms with E-state index in [1.165, 1.54) is 12.0 Å². The van der Waals surface area contributed by atoms with Crippen molar-refractivity contribution in [1.82, 2.24) is 0 Å². The molecule has 0 unspecified atom stereocenters. The highest BCUT2D eigenvalue weighted by Gasteiger charge is 1.85. The molecule has 0 atom stereocenters. The van der Waals surface area contributed by atoms with E-state index in [0.29, 0.717) is 0 Å². The molecule has 0 rings (SSSR count). The van der Waals surface area contributed by atoms with Gasteiger partial charge in [0.2, 0.25) is 0 Å². The van der Waals surface area contributed by atoms with Crippen LogP contribution in [0.2, 0.25) is 0 Å². The molecule has 0 nitrogen and oxygen atoms in total. The molecule has 8 heavy (non-hydrogen) atoms. The summed E-state index contributed by atoms with van der Waals surface area (Å²) in [6.45, 7) is 4.35. The third-order valence-electron chi connectivity index (χ3n) is 1.12. The van der Waals surface area contributed by atoms with E-state index in [2.05, 4.69) is 35.9 Å². The second-order valence-corrected chi connectivity index (χ2v) is 2.32. The van der Waals surface area contributed by atoms with Crippen molar-refractivity contribution in [3.05, 3.63) is 11.6 Å². The fourth-order valence-electron chi connectivity index (χ4n) is 0.582. The molecule has 0 spiro atoms. The van der Waals surface area contributed by atoms with Gasteiger partial charge in [0.25, 0.3) is 0 Å². The number of halogens is 1. The van der Waals surface area contributed by atoms with Crippen molar-refractivity contribution in [3.63, 3.8) is 0 Å². The summed E-state index contributed by atoms with van der Waals surface area (Å²) in [5.74, 6) is 0. The first-order chi connectivity index (χ1) is 3.85. The van der Waals surface area contributed by atoms with E-state index in [1.54, 1.807) is 0 Å². The van der Waals surface area contributed by atoms with Gasteiger partial charge >= 0.3 is 0 Å². The fourth-order valence-corrected chi connectivity index (χ4v) is 1.21. The summed E-state index contributed by atoms with van der Waals surface area (Å²) < 4.78 is 0. The van der Waals surface area contributed by atoms with Crippen LogP contribution in [-0.2, 0) is 0 Å². The second-order valence-electron chi connectivity index (χ2n) is 1.76. The standard InChI is InChI=1S/C7H13Br/c1-3-5-7(4-2)6-8/h5H,3-4,6H2,1-2H3. The monoisotopic (exact) mass is 176 g/mol. The van der Waals surface area contributed by atoms with Crippen molar-refractivity contribution in [1.29, 1.82) is 0 Å². The largest absolute Gasteiger partial charge is 0.0880 e. The van der Waals surface area contributed by atoms with Gasteiger partial charge in [-0.25, -0.2) is 0 Å². The molecule has 0 bridgehead atoms. The van der Waals surface area contributed by atoms with Crippen molar-refractivity contribution in [2.24, 2.45) is 0 Å². The van der Waals surface area contributed by atoms with Crippen LogP contribution in [0, 0.1) is 0 Å². The normalized spacial score (nSPS) is 12.1. The van der Waals surface area contributed by atoms with Gasteiger partial charge in [-0.05, 0) is 12.8 Å². The van der Waals surface area contributed by atoms with Crippen LogP contribution in [0.5, 0.6) is 0 Å². The summed E-state index contributed by atoms with van der Waals surface area (Å²) in [5.41, 5.74) is 1.51. The smallest absolute Gasteiger partial charge is 0.0241 e. The molecule has 0 aliphatic rings. The topological polar surface area (TPSA) is 0 Å². The number of rotatable bonds is 3. The summed E-state index contributed by atoms with van der Waals surface area (Å²) >= 11 is 3.41. The van der Waals surface area contributed by atoms with Gasteiger partial charge in [0.15, 0.2) is 0 Å². The third-order valence-corrected chi connectivity index (χ3v) is 1.84. The summed E-state index contributed by atoms with van der Waals surface area (Å²) in [5, 5.41) is 1.04. The Kier molecular flexibility index (Phi) is 5.51. The molecule has 0 aromatic heterocycles. The van der Waals surface area contributed by atoms with Gasteiger partial charge < -0.3 is 0 Å². The van der Waals surface area contributed by atoms with Gasteiger partial charge in [-0.3, -0.25) is 0 Å². The van der Waals surface area contributed by atoms with Crippen LogP contribution in [0.25, 0.3) is 0 Å². The molecule has 0 aromatic rings. The van der Waals surface area contributed by atoms with Gasteiger partial charge in [-0.2, -0.15) is 0 Å². The van der Waals surface area contributed by atoms with Gasteiger partial charge in [0.1, 0.15) is 0 Å². The lowest BCUT2D eigenvalue weighted by molar-refractivity contribution is 1.07. The van der Waals surface area contributed by atoms with Crippen molar-refractivity contribution < 1.29 is 0 Å². The Morgan fingerprint density at radius 3 is 2.25 bits per heavy atom. The maximum absolute atomic E-state index is 3.41. The molecular weight excluding hydrogens is 164 g/mol. The quantitative estimate of drug-likeness (QED) is 0.459. The minimum Gasteiger partial charge on any atom is -0.0880 e. The molecule has 0 radical (unpaired) electrons. The molecule has 0 amide bonds. The molecule has 0 aliphatic carbocycles. The molecule has 0 saturated carbocycles. The number of hydrogen-bond donors (Lipinski definition) is 0. The SMILES string of the molecule is CCC=C(CC)CBr. The van der Waals surface area contributed by atoms with Crippen LogP contribution < -0.4 is 0 Å². The van der Waals surface area contributed by atoms with Crippen molar-refractivity contribution in [2.75, 3.05) is 5.33 Å².